The SMILES string of the molecule is OC(Cn1cnnn1)(c1ccc(F)cc1F)C(F)(F)c1ccc(OCc2ccccn2)cn1. The number of aromatic nitrogens is 6. The van der Waals surface area contributed by atoms with Crippen molar-refractivity contribution in [3.8, 4) is 5.75 Å². The number of alkyl halides is 2. The standard InChI is InChI=1S/C21H16F4N6O2/c22-14-4-6-17(18(23)9-14)20(32,12-31-13-28-29-30-31)21(24,25)19-7-5-16(10-27-19)33-11-15-3-1-2-8-26-15/h1-10,13,32H,11-12H2. The molecule has 1 unspecified atom stereocenters. The molecule has 1 atom stereocenters. The maximum Gasteiger partial charge on any atom is 0.323 e. The van der Waals surface area contributed by atoms with E-state index < -0.39 is 41.0 Å². The van der Waals surface area contributed by atoms with Crippen LogP contribution in [0.5, 0.6) is 5.75 Å². The fourth-order valence-electron chi connectivity index (χ4n) is 3.17. The summed E-state index contributed by atoms with van der Waals surface area (Å²) in [4.78, 5) is 7.81. The summed E-state index contributed by atoms with van der Waals surface area (Å²) in [5.41, 5.74) is -4.30. The van der Waals surface area contributed by atoms with Crippen LogP contribution >= 0.6 is 0 Å². The van der Waals surface area contributed by atoms with Crippen LogP contribution in [0.25, 0.3) is 0 Å². The molecule has 0 bridgehead atoms. The highest BCUT2D eigenvalue weighted by molar-refractivity contribution is 5.32. The minimum Gasteiger partial charge on any atom is -0.486 e. The zero-order chi connectivity index (χ0) is 23.5. The molecular weight excluding hydrogens is 444 g/mol. The number of halogens is 4. The topological polar surface area (TPSA) is 98.8 Å². The molecule has 0 aliphatic rings. The van der Waals surface area contributed by atoms with Gasteiger partial charge in [-0.25, -0.2) is 13.5 Å². The molecule has 0 saturated heterocycles. The lowest BCUT2D eigenvalue weighted by molar-refractivity contribution is -0.207. The van der Waals surface area contributed by atoms with Gasteiger partial charge in [0.1, 0.15) is 36.0 Å². The molecule has 1 N–H and O–H groups in total. The molecule has 33 heavy (non-hydrogen) atoms. The Morgan fingerprint density at radius 1 is 1.03 bits per heavy atom. The molecule has 0 spiro atoms. The summed E-state index contributed by atoms with van der Waals surface area (Å²) < 4.78 is 65.5. The van der Waals surface area contributed by atoms with Crippen molar-refractivity contribution in [3.05, 3.63) is 95.8 Å². The highest BCUT2D eigenvalue weighted by Gasteiger charge is 2.58. The van der Waals surface area contributed by atoms with E-state index in [-0.39, 0.29) is 12.4 Å². The van der Waals surface area contributed by atoms with Gasteiger partial charge in [-0.15, -0.1) is 5.10 Å². The molecule has 12 heteroatoms. The van der Waals surface area contributed by atoms with Crippen molar-refractivity contribution < 1.29 is 27.4 Å². The first kappa shape index (κ1) is 22.3. The quantitative estimate of drug-likeness (QED) is 0.404. The van der Waals surface area contributed by atoms with Gasteiger partial charge in [-0.05, 0) is 46.8 Å². The van der Waals surface area contributed by atoms with Gasteiger partial charge in [0.15, 0.2) is 5.60 Å². The van der Waals surface area contributed by atoms with Crippen LogP contribution in [0.15, 0.2) is 67.3 Å². The van der Waals surface area contributed by atoms with Crippen molar-refractivity contribution in [1.82, 2.24) is 30.2 Å². The van der Waals surface area contributed by atoms with Crippen LogP contribution in [-0.2, 0) is 24.7 Å². The Labute approximate surface area is 184 Å². The zero-order valence-electron chi connectivity index (χ0n) is 16.8. The van der Waals surface area contributed by atoms with Gasteiger partial charge in [0.2, 0.25) is 0 Å². The Morgan fingerprint density at radius 2 is 1.88 bits per heavy atom. The fraction of sp³-hybridized carbons (Fsp3) is 0.190. The van der Waals surface area contributed by atoms with Crippen molar-refractivity contribution in [2.45, 2.75) is 24.7 Å². The average Bonchev–Trinajstić information content (AvgIpc) is 3.31. The first-order valence-electron chi connectivity index (χ1n) is 9.55. The number of ether oxygens (including phenoxy) is 1. The summed E-state index contributed by atoms with van der Waals surface area (Å²) in [7, 11) is 0. The molecule has 0 radical (unpaired) electrons. The Balaban J connectivity index is 1.65. The summed E-state index contributed by atoms with van der Waals surface area (Å²) in [6.07, 6.45) is 3.61. The van der Waals surface area contributed by atoms with Gasteiger partial charge in [0, 0.05) is 17.8 Å². The van der Waals surface area contributed by atoms with E-state index in [1.807, 2.05) is 0 Å². The summed E-state index contributed by atoms with van der Waals surface area (Å²) in [6.45, 7) is -0.850. The normalized spacial score (nSPS) is 13.5. The fourth-order valence-corrected chi connectivity index (χ4v) is 3.17. The van der Waals surface area contributed by atoms with Crippen molar-refractivity contribution in [2.75, 3.05) is 0 Å². The van der Waals surface area contributed by atoms with E-state index in [9.17, 15) is 13.9 Å². The second-order valence-electron chi connectivity index (χ2n) is 7.06. The lowest BCUT2D eigenvalue weighted by atomic mass is 9.84. The van der Waals surface area contributed by atoms with Crippen molar-refractivity contribution in [3.63, 3.8) is 0 Å². The molecule has 170 valence electrons. The number of aliphatic hydroxyl groups is 1. The summed E-state index contributed by atoms with van der Waals surface area (Å²) >= 11 is 0. The molecule has 0 aliphatic heterocycles. The van der Waals surface area contributed by atoms with Crippen molar-refractivity contribution in [2.24, 2.45) is 0 Å². The molecule has 0 amide bonds. The van der Waals surface area contributed by atoms with Gasteiger partial charge in [0.05, 0.1) is 18.4 Å². The van der Waals surface area contributed by atoms with Crippen LogP contribution < -0.4 is 4.74 Å². The number of benzene rings is 1. The highest BCUT2D eigenvalue weighted by Crippen LogP contribution is 2.46. The van der Waals surface area contributed by atoms with Crippen LogP contribution in [-0.4, -0.2) is 35.3 Å². The summed E-state index contributed by atoms with van der Waals surface area (Å²) in [6, 6.07) is 9.33. The third kappa shape index (κ3) is 4.51. The number of pyridine rings is 2. The highest BCUT2D eigenvalue weighted by atomic mass is 19.3. The van der Waals surface area contributed by atoms with Gasteiger partial charge in [-0.3, -0.25) is 9.97 Å². The summed E-state index contributed by atoms with van der Waals surface area (Å²) in [5.74, 6) is -6.31. The lowest BCUT2D eigenvalue weighted by Gasteiger charge is -2.35. The van der Waals surface area contributed by atoms with Crippen LogP contribution in [0, 0.1) is 11.6 Å². The predicted octanol–water partition coefficient (Wildman–Crippen LogP) is 3.00. The van der Waals surface area contributed by atoms with Crippen molar-refractivity contribution in [1.29, 1.82) is 0 Å². The Morgan fingerprint density at radius 3 is 2.52 bits per heavy atom. The molecule has 4 rings (SSSR count). The van der Waals surface area contributed by atoms with Gasteiger partial charge in [-0.1, -0.05) is 6.07 Å². The van der Waals surface area contributed by atoms with Crippen LogP contribution in [0.4, 0.5) is 17.6 Å². The van der Waals surface area contributed by atoms with E-state index in [1.165, 1.54) is 6.07 Å². The van der Waals surface area contributed by atoms with E-state index in [1.54, 1.807) is 24.4 Å². The molecular formula is C21H16F4N6O2. The smallest absolute Gasteiger partial charge is 0.323 e. The number of tetrazole rings is 1. The molecule has 0 aliphatic carbocycles. The van der Waals surface area contributed by atoms with Crippen LogP contribution in [0.1, 0.15) is 17.0 Å². The van der Waals surface area contributed by atoms with Gasteiger partial charge in [0.25, 0.3) is 0 Å². The van der Waals surface area contributed by atoms with Gasteiger partial charge >= 0.3 is 5.92 Å². The third-order valence-corrected chi connectivity index (χ3v) is 4.85. The van der Waals surface area contributed by atoms with Crippen molar-refractivity contribution >= 4 is 0 Å². The molecule has 3 heterocycles. The second kappa shape index (κ2) is 8.90. The predicted molar refractivity (Wildman–Crippen MR) is 105 cm³/mol. The van der Waals surface area contributed by atoms with E-state index in [0.29, 0.717) is 11.8 Å². The number of hydrogen-bond acceptors (Lipinski definition) is 7. The van der Waals surface area contributed by atoms with Gasteiger partial charge < -0.3 is 9.84 Å². The molecule has 4 aromatic rings. The lowest BCUT2D eigenvalue weighted by Crippen LogP contribution is -2.48. The molecule has 0 fully saturated rings. The molecule has 0 saturated carbocycles. The number of nitrogens with zero attached hydrogens (tertiary/aromatic N) is 6. The maximum absolute atomic E-state index is 15.6. The molecule has 8 nitrogen and oxygen atoms in total. The third-order valence-electron chi connectivity index (χ3n) is 4.85. The van der Waals surface area contributed by atoms with E-state index in [4.69, 9.17) is 4.74 Å². The monoisotopic (exact) mass is 460 g/mol. The van der Waals surface area contributed by atoms with E-state index >= 15 is 8.78 Å². The first-order chi connectivity index (χ1) is 15.8. The first-order valence-corrected chi connectivity index (χ1v) is 9.55. The number of rotatable bonds is 8. The molecule has 1 aromatic carbocycles. The number of hydrogen-bond donors (Lipinski definition) is 1. The van der Waals surface area contributed by atoms with Gasteiger partial charge in [-0.2, -0.15) is 8.78 Å². The zero-order valence-corrected chi connectivity index (χ0v) is 16.8. The minimum absolute atomic E-state index is 0.0856. The van der Waals surface area contributed by atoms with Crippen LogP contribution in [0.2, 0.25) is 0 Å². The molecule has 3 aromatic heterocycles. The average molecular weight is 460 g/mol. The maximum atomic E-state index is 15.6. The summed E-state index contributed by atoms with van der Waals surface area (Å²) in [5, 5.41) is 21.3. The Bertz CT molecular complexity index is 1210. The van der Waals surface area contributed by atoms with E-state index in [0.717, 1.165) is 35.4 Å². The second-order valence-corrected chi connectivity index (χ2v) is 7.06. The van der Waals surface area contributed by atoms with E-state index in [2.05, 4.69) is 25.5 Å². The minimum atomic E-state index is -4.14. The largest absolute Gasteiger partial charge is 0.486 e. The Kier molecular flexibility index (Phi) is 6.01. The Hall–Kier alpha value is -3.93. The van der Waals surface area contributed by atoms with Crippen LogP contribution in [0.3, 0.4) is 0 Å².